The molecule has 0 saturated heterocycles. The van der Waals surface area contributed by atoms with Gasteiger partial charge in [0.1, 0.15) is 0 Å². The maximum Gasteiger partial charge on any atom is 0.331 e. The van der Waals surface area contributed by atoms with Crippen LogP contribution in [0, 0.1) is 6.92 Å². The molecule has 0 unspecified atom stereocenters. The van der Waals surface area contributed by atoms with E-state index in [-0.39, 0.29) is 12.1 Å². The summed E-state index contributed by atoms with van der Waals surface area (Å²) in [4.78, 5) is 11.4. The fraction of sp³-hybridized carbons (Fsp3) is 0.118. The van der Waals surface area contributed by atoms with Crippen molar-refractivity contribution in [1.82, 2.24) is 0 Å². The zero-order valence-corrected chi connectivity index (χ0v) is 11.8. The maximum atomic E-state index is 11.4. The molecule has 0 amide bonds. The van der Waals surface area contributed by atoms with E-state index in [0.717, 1.165) is 16.8 Å². The van der Waals surface area contributed by atoms with Gasteiger partial charge in [-0.3, -0.25) is 0 Å². The second-order valence-electron chi connectivity index (χ2n) is 4.69. The number of aryl methyl sites for hydroxylation is 1. The summed E-state index contributed by atoms with van der Waals surface area (Å²) < 4.78 is 0. The van der Waals surface area contributed by atoms with Crippen LogP contribution in [0.25, 0.3) is 11.4 Å². The van der Waals surface area contributed by atoms with Crippen LogP contribution in [0.2, 0.25) is 0 Å². The zero-order valence-electron chi connectivity index (χ0n) is 11.8. The van der Waals surface area contributed by atoms with Crippen LogP contribution in [-0.2, 0) is 4.79 Å². The third kappa shape index (κ3) is 3.70. The first-order valence-corrected chi connectivity index (χ1v) is 6.62. The minimum atomic E-state index is -1.08. The summed E-state index contributed by atoms with van der Waals surface area (Å²) in [5.41, 5.74) is 10.7. The number of nitrogens with one attached hydrogen (secondary N) is 2. The summed E-state index contributed by atoms with van der Waals surface area (Å²) >= 11 is 0. The summed E-state index contributed by atoms with van der Waals surface area (Å²) in [6.07, 6.45) is 0. The van der Waals surface area contributed by atoms with Gasteiger partial charge in [0.05, 0.1) is 5.70 Å². The fourth-order valence-electron chi connectivity index (χ4n) is 1.98. The molecular weight excluding hydrogens is 264 g/mol. The van der Waals surface area contributed by atoms with E-state index in [1.807, 2.05) is 61.5 Å². The lowest BCUT2D eigenvalue weighted by Gasteiger charge is -2.17. The average molecular weight is 281 g/mol. The lowest BCUT2D eigenvalue weighted by atomic mass is 10.0. The molecule has 2 aromatic carbocycles. The van der Waals surface area contributed by atoms with Gasteiger partial charge in [0.15, 0.2) is 0 Å². The van der Waals surface area contributed by atoms with Crippen molar-refractivity contribution in [1.29, 1.82) is 0 Å². The van der Waals surface area contributed by atoms with E-state index in [0.29, 0.717) is 5.70 Å². The zero-order chi connectivity index (χ0) is 15.2. The highest BCUT2D eigenvalue weighted by molar-refractivity contribution is 5.99. The third-order valence-electron chi connectivity index (χ3n) is 3.12. The SMILES string of the molecule is Cc1ccc(/C(Nc2ccccc2)=C(/C[NH-])C(=O)O)cc1. The van der Waals surface area contributed by atoms with E-state index in [4.69, 9.17) is 5.73 Å². The van der Waals surface area contributed by atoms with Crippen LogP contribution in [0.1, 0.15) is 11.1 Å². The lowest BCUT2D eigenvalue weighted by molar-refractivity contribution is -0.132. The van der Waals surface area contributed by atoms with Crippen LogP contribution in [0.15, 0.2) is 60.2 Å². The minimum absolute atomic E-state index is 0.0442. The Morgan fingerprint density at radius 3 is 2.24 bits per heavy atom. The van der Waals surface area contributed by atoms with Crippen LogP contribution < -0.4 is 5.32 Å². The smallest absolute Gasteiger partial charge is 0.331 e. The quantitative estimate of drug-likeness (QED) is 0.815. The molecule has 21 heavy (non-hydrogen) atoms. The van der Waals surface area contributed by atoms with Crippen molar-refractivity contribution in [3.05, 3.63) is 77.0 Å². The summed E-state index contributed by atoms with van der Waals surface area (Å²) in [5.74, 6) is -1.08. The predicted octanol–water partition coefficient (Wildman–Crippen LogP) is 3.96. The van der Waals surface area contributed by atoms with E-state index < -0.39 is 5.97 Å². The maximum absolute atomic E-state index is 11.4. The van der Waals surface area contributed by atoms with Gasteiger partial charge in [0.25, 0.3) is 0 Å². The van der Waals surface area contributed by atoms with Gasteiger partial charge in [-0.25, -0.2) is 4.79 Å². The van der Waals surface area contributed by atoms with Crippen LogP contribution in [0.3, 0.4) is 0 Å². The number of benzene rings is 2. The Kier molecular flexibility index (Phi) is 4.74. The minimum Gasteiger partial charge on any atom is -0.673 e. The van der Waals surface area contributed by atoms with Gasteiger partial charge in [0, 0.05) is 11.3 Å². The first-order chi connectivity index (χ1) is 10.1. The molecule has 4 heteroatoms. The molecule has 0 aliphatic heterocycles. The number of anilines is 1. The molecule has 0 aliphatic rings. The highest BCUT2D eigenvalue weighted by atomic mass is 16.4. The van der Waals surface area contributed by atoms with Crippen molar-refractivity contribution < 1.29 is 9.90 Å². The van der Waals surface area contributed by atoms with Crippen LogP contribution in [0.5, 0.6) is 0 Å². The first kappa shape index (κ1) is 14.8. The first-order valence-electron chi connectivity index (χ1n) is 6.62. The topological polar surface area (TPSA) is 73.1 Å². The van der Waals surface area contributed by atoms with Crippen molar-refractivity contribution in [2.45, 2.75) is 6.92 Å². The number of carboxylic acids is 1. The molecule has 0 saturated carbocycles. The second-order valence-corrected chi connectivity index (χ2v) is 4.69. The number of hydrogen-bond acceptors (Lipinski definition) is 2. The number of hydrogen-bond donors (Lipinski definition) is 2. The molecule has 2 aromatic rings. The molecule has 3 N–H and O–H groups in total. The van der Waals surface area contributed by atoms with E-state index in [9.17, 15) is 9.90 Å². The normalized spacial score (nSPS) is 11.7. The number of carboxylic acid groups (broad SMARTS) is 1. The molecule has 0 aliphatic carbocycles. The van der Waals surface area contributed by atoms with E-state index in [1.165, 1.54) is 0 Å². The molecule has 0 heterocycles. The number of para-hydroxylation sites is 1. The summed E-state index contributed by atoms with van der Waals surface area (Å²) in [6, 6.07) is 16.9. The highest BCUT2D eigenvalue weighted by Crippen LogP contribution is 2.23. The van der Waals surface area contributed by atoms with Crippen molar-refractivity contribution >= 4 is 17.4 Å². The van der Waals surface area contributed by atoms with Gasteiger partial charge in [-0.1, -0.05) is 48.0 Å². The highest BCUT2D eigenvalue weighted by Gasteiger charge is 2.12. The third-order valence-corrected chi connectivity index (χ3v) is 3.12. The average Bonchev–Trinajstić information content (AvgIpc) is 2.48. The van der Waals surface area contributed by atoms with Crippen LogP contribution in [0.4, 0.5) is 5.69 Å². The molecular formula is C17H17N2O2-. The Morgan fingerprint density at radius 2 is 1.71 bits per heavy atom. The molecule has 0 radical (unpaired) electrons. The summed E-state index contributed by atoms with van der Waals surface area (Å²) in [6.45, 7) is 1.68. The van der Waals surface area contributed by atoms with Crippen molar-refractivity contribution in [2.75, 3.05) is 11.9 Å². The molecule has 0 aromatic heterocycles. The van der Waals surface area contributed by atoms with Crippen molar-refractivity contribution in [3.8, 4) is 0 Å². The number of rotatable bonds is 5. The monoisotopic (exact) mass is 281 g/mol. The van der Waals surface area contributed by atoms with Crippen molar-refractivity contribution in [3.63, 3.8) is 0 Å². The van der Waals surface area contributed by atoms with Gasteiger partial charge in [-0.2, -0.15) is 0 Å². The molecule has 108 valence electrons. The van der Waals surface area contributed by atoms with E-state index in [1.54, 1.807) is 0 Å². The molecule has 0 fully saturated rings. The van der Waals surface area contributed by atoms with Gasteiger partial charge >= 0.3 is 5.97 Å². The molecule has 0 bridgehead atoms. The second kappa shape index (κ2) is 6.72. The van der Waals surface area contributed by atoms with Gasteiger partial charge < -0.3 is 16.2 Å². The fourth-order valence-corrected chi connectivity index (χ4v) is 1.98. The van der Waals surface area contributed by atoms with E-state index >= 15 is 0 Å². The lowest BCUT2D eigenvalue weighted by Crippen LogP contribution is -2.11. The Bertz CT molecular complexity index is 646. The van der Waals surface area contributed by atoms with Crippen LogP contribution >= 0.6 is 0 Å². The standard InChI is InChI=1S/C17H17N2O2/c1-12-7-9-13(10-8-12)16(15(11-18)17(20)21)19-14-5-3-2-4-6-14/h2-10,18-19H,11H2,1H3,(H,20,21)/q-1/b16-15+. The molecule has 0 spiro atoms. The van der Waals surface area contributed by atoms with E-state index in [2.05, 4.69) is 5.32 Å². The Balaban J connectivity index is 2.49. The van der Waals surface area contributed by atoms with Crippen LogP contribution in [-0.4, -0.2) is 17.6 Å². The van der Waals surface area contributed by atoms with Gasteiger partial charge in [-0.05, 0) is 24.6 Å². The predicted molar refractivity (Wildman–Crippen MR) is 85.0 cm³/mol. The number of aliphatic carboxylic acids is 1. The summed E-state index contributed by atoms with van der Waals surface area (Å²) in [5, 5.41) is 12.4. The van der Waals surface area contributed by atoms with Gasteiger partial charge in [0.2, 0.25) is 0 Å². The van der Waals surface area contributed by atoms with Crippen molar-refractivity contribution in [2.24, 2.45) is 0 Å². The largest absolute Gasteiger partial charge is 0.673 e. The molecule has 0 atom stereocenters. The van der Waals surface area contributed by atoms with Gasteiger partial charge in [-0.15, -0.1) is 6.54 Å². The Hall–Kier alpha value is -2.59. The molecule has 2 rings (SSSR count). The number of carbonyl (C=O) groups is 1. The Morgan fingerprint density at radius 1 is 1.10 bits per heavy atom. The Labute approximate surface area is 123 Å². The molecule has 4 nitrogen and oxygen atoms in total. The summed E-state index contributed by atoms with van der Waals surface area (Å²) in [7, 11) is 0.